The molecule has 0 aliphatic carbocycles. The highest BCUT2D eigenvalue weighted by Gasteiger charge is 2.26. The minimum Gasteiger partial charge on any atom is -0.491 e. The predicted molar refractivity (Wildman–Crippen MR) is 125 cm³/mol. The Morgan fingerprint density at radius 3 is 2.06 bits per heavy atom. The van der Waals surface area contributed by atoms with Crippen LogP contribution in [-0.4, -0.2) is 61.5 Å². The first-order chi connectivity index (χ1) is 16.1. The molecular weight excluding hydrogens is 442 g/mol. The topological polar surface area (TPSA) is 120 Å². The first-order valence-electron chi connectivity index (χ1n) is 10.8. The lowest BCUT2D eigenvalue weighted by Crippen LogP contribution is -2.44. The minimum absolute atomic E-state index is 0.230. The van der Waals surface area contributed by atoms with Crippen LogP contribution in [0.5, 0.6) is 11.5 Å². The second kappa shape index (κ2) is 12.6. The van der Waals surface area contributed by atoms with Crippen molar-refractivity contribution in [3.8, 4) is 11.5 Å². The number of carboxylic acid groups (broad SMARTS) is 1. The molecule has 9 nitrogen and oxygen atoms in total. The number of amides is 1. The number of benzene rings is 2. The van der Waals surface area contributed by atoms with Gasteiger partial charge in [-0.2, -0.15) is 0 Å². The fraction of sp³-hybridized carbons (Fsp3) is 0.400. The lowest BCUT2D eigenvalue weighted by Gasteiger charge is -2.23. The standard InChI is InChI=1S/C25H31NO8/c1-25(2,3)34-24(30)26-21(15-17-5-9-19(10-6-17)32-14-13-31-4)23(29)18-7-11-20(12-8-18)33-16-22(27)28/h5-12,21H,13-16H2,1-4H3,(H,26,30)(H,27,28)/t21-/m0/s1. The molecule has 0 saturated carbocycles. The van der Waals surface area contributed by atoms with Gasteiger partial charge >= 0.3 is 12.1 Å². The van der Waals surface area contributed by atoms with Gasteiger partial charge in [-0.05, 0) is 62.7 Å². The van der Waals surface area contributed by atoms with E-state index in [4.69, 9.17) is 24.1 Å². The molecule has 1 amide bonds. The number of ketones is 1. The second-order valence-corrected chi connectivity index (χ2v) is 8.46. The second-order valence-electron chi connectivity index (χ2n) is 8.46. The molecule has 0 bridgehead atoms. The van der Waals surface area contributed by atoms with Crippen molar-refractivity contribution >= 4 is 17.8 Å². The van der Waals surface area contributed by atoms with Gasteiger partial charge in [0.2, 0.25) is 0 Å². The Morgan fingerprint density at radius 2 is 1.50 bits per heavy atom. The van der Waals surface area contributed by atoms with Crippen LogP contribution in [-0.2, 0) is 20.7 Å². The average molecular weight is 474 g/mol. The Balaban J connectivity index is 2.15. The zero-order valence-electron chi connectivity index (χ0n) is 19.8. The molecule has 2 aromatic rings. The van der Waals surface area contributed by atoms with E-state index in [0.29, 0.717) is 30.3 Å². The molecule has 0 fully saturated rings. The van der Waals surface area contributed by atoms with Gasteiger partial charge in [0.25, 0.3) is 0 Å². The van der Waals surface area contributed by atoms with Crippen LogP contribution in [0.25, 0.3) is 0 Å². The fourth-order valence-electron chi connectivity index (χ4n) is 2.92. The summed E-state index contributed by atoms with van der Waals surface area (Å²) in [7, 11) is 1.60. The molecule has 0 radical (unpaired) electrons. The van der Waals surface area contributed by atoms with Crippen LogP contribution in [0.3, 0.4) is 0 Å². The van der Waals surface area contributed by atoms with E-state index in [2.05, 4.69) is 5.32 Å². The molecule has 2 N–H and O–H groups in total. The third-order valence-corrected chi connectivity index (χ3v) is 4.43. The van der Waals surface area contributed by atoms with Crippen LogP contribution in [0.15, 0.2) is 48.5 Å². The minimum atomic E-state index is -1.10. The van der Waals surface area contributed by atoms with Gasteiger partial charge in [-0.1, -0.05) is 12.1 Å². The van der Waals surface area contributed by atoms with Crippen LogP contribution in [0, 0.1) is 0 Å². The van der Waals surface area contributed by atoms with E-state index in [-0.39, 0.29) is 12.2 Å². The van der Waals surface area contributed by atoms with E-state index >= 15 is 0 Å². The maximum atomic E-state index is 13.2. The van der Waals surface area contributed by atoms with E-state index in [0.717, 1.165) is 5.56 Å². The number of Topliss-reactive ketones (excluding diaryl/α,β-unsaturated/α-hetero) is 1. The highest BCUT2D eigenvalue weighted by atomic mass is 16.6. The van der Waals surface area contributed by atoms with E-state index in [1.54, 1.807) is 40.0 Å². The third kappa shape index (κ3) is 9.50. The largest absolute Gasteiger partial charge is 0.491 e. The summed E-state index contributed by atoms with van der Waals surface area (Å²) in [6.45, 7) is 5.62. The summed E-state index contributed by atoms with van der Waals surface area (Å²) >= 11 is 0. The van der Waals surface area contributed by atoms with E-state index in [1.165, 1.54) is 24.3 Å². The summed E-state index contributed by atoms with van der Waals surface area (Å²) in [4.78, 5) is 36.3. The number of aliphatic carboxylic acids is 1. The SMILES string of the molecule is COCCOc1ccc(C[C@H](NC(=O)OC(C)(C)C)C(=O)c2ccc(OCC(=O)O)cc2)cc1. The smallest absolute Gasteiger partial charge is 0.408 e. The number of ether oxygens (including phenoxy) is 4. The maximum absolute atomic E-state index is 13.2. The molecule has 0 unspecified atom stereocenters. The molecule has 2 rings (SSSR count). The lowest BCUT2D eigenvalue weighted by atomic mass is 9.97. The van der Waals surface area contributed by atoms with Crippen LogP contribution in [0.2, 0.25) is 0 Å². The molecular formula is C25H31NO8. The molecule has 0 aliphatic rings. The molecule has 0 aliphatic heterocycles. The number of nitrogens with one attached hydrogen (secondary N) is 1. The van der Waals surface area contributed by atoms with Gasteiger partial charge in [-0.15, -0.1) is 0 Å². The molecule has 0 aromatic heterocycles. The van der Waals surface area contributed by atoms with Crippen molar-refractivity contribution < 1.29 is 38.4 Å². The van der Waals surface area contributed by atoms with Crippen LogP contribution < -0.4 is 14.8 Å². The summed E-state index contributed by atoms with van der Waals surface area (Å²) in [5, 5.41) is 11.4. The fourth-order valence-corrected chi connectivity index (χ4v) is 2.92. The van der Waals surface area contributed by atoms with Gasteiger partial charge < -0.3 is 29.4 Å². The van der Waals surface area contributed by atoms with Gasteiger partial charge in [0.05, 0.1) is 12.6 Å². The molecule has 184 valence electrons. The number of hydrogen-bond donors (Lipinski definition) is 2. The molecule has 34 heavy (non-hydrogen) atoms. The molecule has 9 heteroatoms. The number of methoxy groups -OCH3 is 1. The monoisotopic (exact) mass is 473 g/mol. The van der Waals surface area contributed by atoms with E-state index in [1.807, 2.05) is 12.1 Å². The lowest BCUT2D eigenvalue weighted by molar-refractivity contribution is -0.139. The Morgan fingerprint density at radius 1 is 0.912 bits per heavy atom. The van der Waals surface area contributed by atoms with Gasteiger partial charge in [-0.3, -0.25) is 4.79 Å². The summed E-state index contributed by atoms with van der Waals surface area (Å²) < 4.78 is 21.0. The quantitative estimate of drug-likeness (QED) is 0.355. The van der Waals surface area contributed by atoms with Crippen molar-refractivity contribution in [1.82, 2.24) is 5.32 Å². The average Bonchev–Trinajstić information content (AvgIpc) is 2.77. The first kappa shape index (κ1) is 26.7. The van der Waals surface area contributed by atoms with Crippen LogP contribution in [0.4, 0.5) is 4.79 Å². The first-order valence-corrected chi connectivity index (χ1v) is 10.8. The van der Waals surface area contributed by atoms with E-state index < -0.39 is 30.3 Å². The predicted octanol–water partition coefficient (Wildman–Crippen LogP) is 3.49. The third-order valence-electron chi connectivity index (χ3n) is 4.43. The highest BCUT2D eigenvalue weighted by Crippen LogP contribution is 2.18. The van der Waals surface area contributed by atoms with Gasteiger partial charge in [-0.25, -0.2) is 9.59 Å². The summed E-state index contributed by atoms with van der Waals surface area (Å²) in [5.41, 5.74) is 0.431. The molecule has 0 heterocycles. The Labute approximate surface area is 199 Å². The zero-order valence-corrected chi connectivity index (χ0v) is 19.8. The van der Waals surface area contributed by atoms with Crippen molar-refractivity contribution in [3.63, 3.8) is 0 Å². The van der Waals surface area contributed by atoms with Crippen molar-refractivity contribution in [2.24, 2.45) is 0 Å². The van der Waals surface area contributed by atoms with Crippen molar-refractivity contribution in [2.75, 3.05) is 26.9 Å². The number of carboxylic acids is 1. The maximum Gasteiger partial charge on any atom is 0.408 e. The van der Waals surface area contributed by atoms with Crippen LogP contribution in [0.1, 0.15) is 36.7 Å². The van der Waals surface area contributed by atoms with E-state index in [9.17, 15) is 14.4 Å². The Kier molecular flexibility index (Phi) is 9.88. The molecule has 0 spiro atoms. The summed E-state index contributed by atoms with van der Waals surface area (Å²) in [5.74, 6) is -0.437. The van der Waals surface area contributed by atoms with Gasteiger partial charge in [0, 0.05) is 19.1 Å². The number of alkyl carbamates (subject to hydrolysis) is 1. The summed E-state index contributed by atoms with van der Waals surface area (Å²) in [6, 6.07) is 12.4. The number of carbonyl (C=O) groups is 3. The Hall–Kier alpha value is -3.59. The van der Waals surface area contributed by atoms with Gasteiger partial charge in [0.15, 0.2) is 12.4 Å². The van der Waals surface area contributed by atoms with Gasteiger partial charge in [0.1, 0.15) is 23.7 Å². The van der Waals surface area contributed by atoms with Crippen molar-refractivity contribution in [2.45, 2.75) is 38.8 Å². The normalized spacial score (nSPS) is 11.9. The van der Waals surface area contributed by atoms with Crippen molar-refractivity contribution in [3.05, 3.63) is 59.7 Å². The Bertz CT molecular complexity index is 948. The van der Waals surface area contributed by atoms with Crippen molar-refractivity contribution in [1.29, 1.82) is 0 Å². The number of carbonyl (C=O) groups excluding carboxylic acids is 2. The molecule has 1 atom stereocenters. The zero-order chi connectivity index (χ0) is 25.1. The molecule has 2 aromatic carbocycles. The van der Waals surface area contributed by atoms with Crippen LogP contribution >= 0.6 is 0 Å². The molecule has 0 saturated heterocycles. The number of hydrogen-bond acceptors (Lipinski definition) is 7. The highest BCUT2D eigenvalue weighted by molar-refractivity contribution is 6.01. The number of rotatable bonds is 12. The summed E-state index contributed by atoms with van der Waals surface area (Å²) in [6.07, 6.45) is -0.472.